The van der Waals surface area contributed by atoms with Gasteiger partial charge in [-0.25, -0.2) is 9.59 Å². The molecule has 1 aromatic carbocycles. The first kappa shape index (κ1) is 10.2. The fraction of sp³-hybridized carbons (Fsp3) is 0.100. The predicted molar refractivity (Wildman–Crippen MR) is 51.4 cm³/mol. The van der Waals surface area contributed by atoms with Gasteiger partial charge in [0.1, 0.15) is 12.4 Å². The fourth-order valence-electron chi connectivity index (χ4n) is 1.43. The number of nitrogens with zero attached hydrogens (tertiary/aromatic N) is 2. The van der Waals surface area contributed by atoms with Crippen LogP contribution in [0.15, 0.2) is 23.2 Å². The molecule has 6 nitrogen and oxygen atoms in total. The van der Waals surface area contributed by atoms with Gasteiger partial charge in [0.25, 0.3) is 0 Å². The summed E-state index contributed by atoms with van der Waals surface area (Å²) in [6.45, 7) is 0. The number of hydrogen-bond acceptors (Lipinski definition) is 3. The Labute approximate surface area is 89.2 Å². The summed E-state index contributed by atoms with van der Waals surface area (Å²) in [5, 5.41) is 9.42. The Bertz CT molecular complexity index is 645. The van der Waals surface area contributed by atoms with Crippen LogP contribution in [0.1, 0.15) is 10.4 Å². The molecule has 1 aliphatic rings. The monoisotopic (exact) mass is 219 g/mol. The minimum absolute atomic E-state index is 0.0444. The van der Waals surface area contributed by atoms with E-state index in [0.717, 1.165) is 4.58 Å². The Morgan fingerprint density at radius 3 is 2.69 bits per heavy atom. The summed E-state index contributed by atoms with van der Waals surface area (Å²) >= 11 is 0. The summed E-state index contributed by atoms with van der Waals surface area (Å²) in [5.41, 5.74) is 0.0444. The number of hydrogen-bond donors (Lipinski definition) is 1. The first-order chi connectivity index (χ1) is 7.50. The molecule has 0 fully saturated rings. The van der Waals surface area contributed by atoms with E-state index in [1.807, 2.05) is 0 Å². The van der Waals surface area contributed by atoms with Gasteiger partial charge in [0.05, 0.1) is 5.56 Å². The molecule has 0 aliphatic carbocycles. The van der Waals surface area contributed by atoms with E-state index in [9.17, 15) is 14.4 Å². The minimum Gasteiger partial charge on any atom is -0.478 e. The molecule has 0 bridgehead atoms. The summed E-state index contributed by atoms with van der Waals surface area (Å²) in [6.07, 6.45) is 0. The molecule has 0 atom stereocenters. The van der Waals surface area contributed by atoms with Gasteiger partial charge in [0, 0.05) is 6.07 Å². The van der Waals surface area contributed by atoms with E-state index in [-0.39, 0.29) is 5.56 Å². The lowest BCUT2D eigenvalue weighted by molar-refractivity contribution is -0.138. The zero-order valence-electron chi connectivity index (χ0n) is 8.30. The molecule has 0 radical (unpaired) electrons. The van der Waals surface area contributed by atoms with E-state index in [1.165, 1.54) is 25.2 Å². The SMILES string of the molecule is C[N+]1=c2cc(C(=O)O)ccc2=NC(=O)C1=O. The summed E-state index contributed by atoms with van der Waals surface area (Å²) < 4.78 is 1.09. The summed E-state index contributed by atoms with van der Waals surface area (Å²) in [5.74, 6) is -2.71. The molecule has 16 heavy (non-hydrogen) atoms. The smallest absolute Gasteiger partial charge is 0.478 e. The maximum absolute atomic E-state index is 11.3. The highest BCUT2D eigenvalue weighted by Gasteiger charge is 2.28. The molecule has 0 saturated carbocycles. The van der Waals surface area contributed by atoms with Crippen LogP contribution in [0.5, 0.6) is 0 Å². The fourth-order valence-corrected chi connectivity index (χ4v) is 1.43. The van der Waals surface area contributed by atoms with Crippen LogP contribution in [-0.2, 0) is 9.59 Å². The van der Waals surface area contributed by atoms with Gasteiger partial charge < -0.3 is 5.11 Å². The molecule has 2 rings (SSSR count). The normalized spacial score (nSPS) is 14.4. The van der Waals surface area contributed by atoms with Crippen molar-refractivity contribution in [3.05, 3.63) is 34.5 Å². The first-order valence-corrected chi connectivity index (χ1v) is 4.42. The second-order valence-corrected chi connectivity index (χ2v) is 3.29. The number of carboxylic acids is 1. The Morgan fingerprint density at radius 1 is 1.38 bits per heavy atom. The van der Waals surface area contributed by atoms with Crippen molar-refractivity contribution in [3.8, 4) is 0 Å². The molecule has 0 saturated heterocycles. The van der Waals surface area contributed by atoms with Crippen molar-refractivity contribution >= 4 is 17.8 Å². The lowest BCUT2D eigenvalue weighted by atomic mass is 10.2. The maximum Gasteiger partial charge on any atom is 0.479 e. The number of aromatic carboxylic acids is 1. The number of carbonyl (C=O) groups is 3. The number of fused-ring (bicyclic) bond motifs is 1. The highest BCUT2D eigenvalue weighted by atomic mass is 16.4. The molecule has 1 heterocycles. The van der Waals surface area contributed by atoms with Crippen molar-refractivity contribution in [2.75, 3.05) is 7.05 Å². The summed E-state index contributed by atoms with van der Waals surface area (Å²) in [6, 6.07) is 4.05. The lowest BCUT2D eigenvalue weighted by Crippen LogP contribution is -2.48. The number of carbonyl (C=O) groups excluding carboxylic acids is 2. The molecule has 1 N–H and O–H groups in total. The second-order valence-electron chi connectivity index (χ2n) is 3.29. The molecule has 6 heteroatoms. The number of likely N-dealkylation sites (N-methyl/N-ethyl adjacent to an activating group) is 1. The lowest BCUT2D eigenvalue weighted by Gasteiger charge is -1.98. The minimum atomic E-state index is -1.10. The summed E-state index contributed by atoms with van der Waals surface area (Å²) in [7, 11) is 1.40. The zero-order chi connectivity index (χ0) is 11.9. The number of amides is 2. The molecular formula is C10H7N2O4+. The van der Waals surface area contributed by atoms with Crippen molar-refractivity contribution in [3.63, 3.8) is 0 Å². The van der Waals surface area contributed by atoms with Crippen molar-refractivity contribution in [2.24, 2.45) is 4.99 Å². The van der Waals surface area contributed by atoms with Gasteiger partial charge in [0.15, 0.2) is 0 Å². The van der Waals surface area contributed by atoms with Crippen molar-refractivity contribution in [1.29, 1.82) is 0 Å². The van der Waals surface area contributed by atoms with E-state index in [2.05, 4.69) is 4.99 Å². The van der Waals surface area contributed by atoms with Gasteiger partial charge in [0.2, 0.25) is 5.36 Å². The van der Waals surface area contributed by atoms with Gasteiger partial charge in [-0.15, -0.1) is 0 Å². The highest BCUT2D eigenvalue weighted by molar-refractivity contribution is 6.36. The number of benzene rings is 1. The average Bonchev–Trinajstić information content (AvgIpc) is 2.25. The van der Waals surface area contributed by atoms with Crippen molar-refractivity contribution in [1.82, 2.24) is 4.58 Å². The van der Waals surface area contributed by atoms with Crippen LogP contribution in [0.2, 0.25) is 0 Å². The van der Waals surface area contributed by atoms with Crippen LogP contribution in [0.4, 0.5) is 0 Å². The Morgan fingerprint density at radius 2 is 2.06 bits per heavy atom. The topological polar surface area (TPSA) is 86.8 Å². The third-order valence-electron chi connectivity index (χ3n) is 2.29. The quantitative estimate of drug-likeness (QED) is 0.445. The molecule has 0 aromatic heterocycles. The van der Waals surface area contributed by atoms with Crippen molar-refractivity contribution in [2.45, 2.75) is 0 Å². The third-order valence-corrected chi connectivity index (χ3v) is 2.29. The van der Waals surface area contributed by atoms with Gasteiger partial charge in [-0.05, 0) is 12.1 Å². The molecule has 2 amide bonds. The van der Waals surface area contributed by atoms with Crippen LogP contribution in [0, 0.1) is 0 Å². The second kappa shape index (κ2) is 3.34. The maximum atomic E-state index is 11.3. The molecule has 0 spiro atoms. The number of carboxylic acid groups (broad SMARTS) is 1. The van der Waals surface area contributed by atoms with Crippen LogP contribution in [0.3, 0.4) is 0 Å². The van der Waals surface area contributed by atoms with Crippen LogP contribution in [-0.4, -0.2) is 29.9 Å². The van der Waals surface area contributed by atoms with Crippen molar-refractivity contribution < 1.29 is 19.5 Å². The first-order valence-electron chi connectivity index (χ1n) is 4.42. The van der Waals surface area contributed by atoms with E-state index in [0.29, 0.717) is 10.7 Å². The van der Waals surface area contributed by atoms with Gasteiger partial charge in [-0.3, -0.25) is 4.79 Å². The largest absolute Gasteiger partial charge is 0.479 e. The van der Waals surface area contributed by atoms with Gasteiger partial charge in [-0.2, -0.15) is 9.57 Å². The van der Waals surface area contributed by atoms with Crippen LogP contribution < -0.4 is 15.3 Å². The Balaban J connectivity index is 2.86. The van der Waals surface area contributed by atoms with Crippen LogP contribution >= 0.6 is 0 Å². The van der Waals surface area contributed by atoms with E-state index in [4.69, 9.17) is 5.11 Å². The molecular weight excluding hydrogens is 212 g/mol. The number of rotatable bonds is 1. The Hall–Kier alpha value is -2.37. The molecule has 0 unspecified atom stereocenters. The standard InChI is InChI=1S/C10H6N2O4/c1-12-7-4-5(10(15)16)2-3-6(7)11-8(13)9(12)14/h2-4H,1H3/p+1. The molecule has 1 aromatic rings. The Kier molecular flexibility index (Phi) is 2.12. The van der Waals surface area contributed by atoms with Gasteiger partial charge in [-0.1, -0.05) is 0 Å². The molecule has 80 valence electrons. The van der Waals surface area contributed by atoms with Gasteiger partial charge >= 0.3 is 17.8 Å². The van der Waals surface area contributed by atoms with E-state index >= 15 is 0 Å². The van der Waals surface area contributed by atoms with Crippen LogP contribution in [0.25, 0.3) is 0 Å². The third kappa shape index (κ3) is 1.40. The predicted octanol–water partition coefficient (Wildman–Crippen LogP) is -1.81. The molecule has 1 aliphatic heterocycles. The van der Waals surface area contributed by atoms with E-state index < -0.39 is 17.8 Å². The summed E-state index contributed by atoms with van der Waals surface area (Å²) in [4.78, 5) is 36.7. The average molecular weight is 219 g/mol. The highest BCUT2D eigenvalue weighted by Crippen LogP contribution is 1.92. The zero-order valence-corrected chi connectivity index (χ0v) is 8.30. The van der Waals surface area contributed by atoms with E-state index in [1.54, 1.807) is 0 Å².